The van der Waals surface area contributed by atoms with Gasteiger partial charge in [-0.05, 0) is 6.07 Å². The predicted octanol–water partition coefficient (Wildman–Crippen LogP) is 1.94. The lowest BCUT2D eigenvalue weighted by molar-refractivity contribution is -0.117. The Morgan fingerprint density at radius 1 is 1.67 bits per heavy atom. The van der Waals surface area contributed by atoms with Gasteiger partial charge in [-0.25, -0.2) is 4.98 Å². The number of thiazole rings is 1. The van der Waals surface area contributed by atoms with Crippen LogP contribution >= 0.6 is 11.3 Å². The van der Waals surface area contributed by atoms with Crippen LogP contribution in [0.1, 0.15) is 5.01 Å². The van der Waals surface area contributed by atoms with Crippen LogP contribution in [-0.2, 0) is 11.2 Å². The van der Waals surface area contributed by atoms with E-state index in [4.69, 9.17) is 4.42 Å². The Labute approximate surface area is 91.2 Å². The van der Waals surface area contributed by atoms with Gasteiger partial charge in [-0.2, -0.15) is 0 Å². The fraction of sp³-hybridized carbons (Fsp3) is 0.200. The zero-order chi connectivity index (χ0) is 10.7. The molecule has 2 aromatic heterocycles. The smallest absolute Gasteiger partial charge is 0.235 e. The molecule has 0 aromatic carbocycles. The molecule has 78 valence electrons. The number of likely N-dealkylation sites (N-methyl/N-ethyl adjacent to an activating group) is 1. The summed E-state index contributed by atoms with van der Waals surface area (Å²) in [7, 11) is 1.69. The Balaban J connectivity index is 2.03. The van der Waals surface area contributed by atoms with Crippen LogP contribution < -0.4 is 4.90 Å². The first-order chi connectivity index (χ1) is 7.27. The molecule has 15 heavy (non-hydrogen) atoms. The van der Waals surface area contributed by atoms with Crippen molar-refractivity contribution in [2.75, 3.05) is 11.9 Å². The summed E-state index contributed by atoms with van der Waals surface area (Å²) < 4.78 is 5.12. The molecule has 2 aromatic rings. The highest BCUT2D eigenvalue weighted by Gasteiger charge is 2.14. The van der Waals surface area contributed by atoms with E-state index in [0.717, 1.165) is 5.01 Å². The van der Waals surface area contributed by atoms with Crippen LogP contribution in [0.2, 0.25) is 0 Å². The standard InChI is InChI=1S/C10H10N2O2S/c1-12(10-3-2-5-14-10)9(13)7-8-11-4-6-15-8/h2-6H,7H2,1H3. The second-order valence-electron chi connectivity index (χ2n) is 3.01. The van der Waals surface area contributed by atoms with Crippen molar-refractivity contribution in [3.05, 3.63) is 35.0 Å². The molecule has 2 rings (SSSR count). The molecule has 0 aliphatic heterocycles. The number of furan rings is 1. The first-order valence-corrected chi connectivity index (χ1v) is 5.34. The monoisotopic (exact) mass is 222 g/mol. The molecule has 0 spiro atoms. The van der Waals surface area contributed by atoms with Crippen molar-refractivity contribution in [3.63, 3.8) is 0 Å². The van der Waals surface area contributed by atoms with Crippen molar-refractivity contribution >= 4 is 23.1 Å². The molecular weight excluding hydrogens is 212 g/mol. The predicted molar refractivity (Wildman–Crippen MR) is 57.9 cm³/mol. The second kappa shape index (κ2) is 4.27. The highest BCUT2D eigenvalue weighted by atomic mass is 32.1. The minimum Gasteiger partial charge on any atom is -0.448 e. The Morgan fingerprint density at radius 3 is 3.13 bits per heavy atom. The SMILES string of the molecule is CN(C(=O)Cc1nccs1)c1ccco1. The number of amides is 1. The van der Waals surface area contributed by atoms with Gasteiger partial charge in [0.15, 0.2) is 0 Å². The molecule has 0 aliphatic rings. The third-order valence-electron chi connectivity index (χ3n) is 2.00. The van der Waals surface area contributed by atoms with Crippen molar-refractivity contribution in [3.8, 4) is 0 Å². The zero-order valence-corrected chi connectivity index (χ0v) is 9.03. The molecule has 2 heterocycles. The van der Waals surface area contributed by atoms with Crippen LogP contribution in [0.15, 0.2) is 34.4 Å². The molecule has 4 nitrogen and oxygen atoms in total. The van der Waals surface area contributed by atoms with Gasteiger partial charge < -0.3 is 4.42 Å². The average Bonchev–Trinajstić information content (AvgIpc) is 2.88. The van der Waals surface area contributed by atoms with Crippen molar-refractivity contribution in [2.45, 2.75) is 6.42 Å². The van der Waals surface area contributed by atoms with Crippen LogP contribution in [0.5, 0.6) is 0 Å². The average molecular weight is 222 g/mol. The lowest BCUT2D eigenvalue weighted by atomic mass is 10.4. The topological polar surface area (TPSA) is 46.3 Å². The molecule has 0 bridgehead atoms. The first kappa shape index (κ1) is 9.92. The van der Waals surface area contributed by atoms with Gasteiger partial charge in [-0.3, -0.25) is 9.69 Å². The fourth-order valence-electron chi connectivity index (χ4n) is 1.17. The zero-order valence-electron chi connectivity index (χ0n) is 8.21. The number of hydrogen-bond donors (Lipinski definition) is 0. The molecule has 0 fully saturated rings. The summed E-state index contributed by atoms with van der Waals surface area (Å²) in [6.45, 7) is 0. The van der Waals surface area contributed by atoms with Crippen molar-refractivity contribution < 1.29 is 9.21 Å². The normalized spacial score (nSPS) is 10.2. The molecule has 0 radical (unpaired) electrons. The molecule has 0 saturated heterocycles. The number of carbonyl (C=O) groups excluding carboxylic acids is 1. The molecule has 0 aliphatic carbocycles. The van der Waals surface area contributed by atoms with Crippen LogP contribution in [0.4, 0.5) is 5.88 Å². The van der Waals surface area contributed by atoms with Gasteiger partial charge in [0.1, 0.15) is 5.01 Å². The first-order valence-electron chi connectivity index (χ1n) is 4.46. The van der Waals surface area contributed by atoms with Gasteiger partial charge in [-0.15, -0.1) is 11.3 Å². The van der Waals surface area contributed by atoms with Crippen LogP contribution in [0.3, 0.4) is 0 Å². The summed E-state index contributed by atoms with van der Waals surface area (Å²) in [5.74, 6) is 0.524. The Morgan fingerprint density at radius 2 is 2.53 bits per heavy atom. The van der Waals surface area contributed by atoms with Crippen LogP contribution in [0.25, 0.3) is 0 Å². The number of carbonyl (C=O) groups is 1. The second-order valence-corrected chi connectivity index (χ2v) is 3.99. The highest BCUT2D eigenvalue weighted by Crippen LogP contribution is 2.14. The van der Waals surface area contributed by atoms with Crippen molar-refractivity contribution in [1.82, 2.24) is 4.98 Å². The van der Waals surface area contributed by atoms with Crippen LogP contribution in [0, 0.1) is 0 Å². The molecule has 0 saturated carbocycles. The number of aromatic nitrogens is 1. The van der Waals surface area contributed by atoms with E-state index in [0.29, 0.717) is 12.3 Å². The Hall–Kier alpha value is -1.62. The third-order valence-corrected chi connectivity index (χ3v) is 2.78. The number of nitrogens with zero attached hydrogens (tertiary/aromatic N) is 2. The molecule has 1 amide bonds. The van der Waals surface area contributed by atoms with E-state index < -0.39 is 0 Å². The van der Waals surface area contributed by atoms with E-state index in [9.17, 15) is 4.79 Å². The van der Waals surface area contributed by atoms with Crippen molar-refractivity contribution in [1.29, 1.82) is 0 Å². The third kappa shape index (κ3) is 2.24. The molecule has 0 unspecified atom stereocenters. The summed E-state index contributed by atoms with van der Waals surface area (Å²) in [4.78, 5) is 17.3. The highest BCUT2D eigenvalue weighted by molar-refractivity contribution is 7.09. The maximum absolute atomic E-state index is 11.7. The molecule has 0 N–H and O–H groups in total. The van der Waals surface area contributed by atoms with E-state index in [1.54, 1.807) is 31.6 Å². The number of hydrogen-bond acceptors (Lipinski definition) is 4. The maximum atomic E-state index is 11.7. The summed E-state index contributed by atoms with van der Waals surface area (Å²) >= 11 is 1.48. The summed E-state index contributed by atoms with van der Waals surface area (Å²) in [6.07, 6.45) is 3.55. The molecule has 0 atom stereocenters. The Kier molecular flexibility index (Phi) is 2.82. The summed E-state index contributed by atoms with van der Waals surface area (Å²) in [6, 6.07) is 3.50. The number of rotatable bonds is 3. The minimum absolute atomic E-state index is 0.0279. The van der Waals surface area contributed by atoms with E-state index in [2.05, 4.69) is 4.98 Å². The fourth-order valence-corrected chi connectivity index (χ4v) is 1.78. The van der Waals surface area contributed by atoms with Gasteiger partial charge in [0, 0.05) is 24.7 Å². The maximum Gasteiger partial charge on any atom is 0.235 e. The largest absolute Gasteiger partial charge is 0.448 e. The summed E-state index contributed by atoms with van der Waals surface area (Å²) in [5, 5.41) is 2.67. The minimum atomic E-state index is -0.0279. The van der Waals surface area contributed by atoms with E-state index in [1.807, 2.05) is 5.38 Å². The molecule has 5 heteroatoms. The van der Waals surface area contributed by atoms with Gasteiger partial charge >= 0.3 is 0 Å². The Bertz CT molecular complexity index is 422. The lowest BCUT2D eigenvalue weighted by Crippen LogP contribution is -2.27. The van der Waals surface area contributed by atoms with Gasteiger partial charge in [0.25, 0.3) is 0 Å². The van der Waals surface area contributed by atoms with Crippen LogP contribution in [-0.4, -0.2) is 17.9 Å². The van der Waals surface area contributed by atoms with Gasteiger partial charge in [-0.1, -0.05) is 0 Å². The van der Waals surface area contributed by atoms with Gasteiger partial charge in [0.2, 0.25) is 11.8 Å². The lowest BCUT2D eigenvalue weighted by Gasteiger charge is -2.12. The van der Waals surface area contributed by atoms with Gasteiger partial charge in [0.05, 0.1) is 12.7 Å². The van der Waals surface area contributed by atoms with E-state index in [1.165, 1.54) is 16.2 Å². The quantitative estimate of drug-likeness (QED) is 0.797. The number of anilines is 1. The molecular formula is C10H10N2O2S. The van der Waals surface area contributed by atoms with Crippen molar-refractivity contribution in [2.24, 2.45) is 0 Å². The van der Waals surface area contributed by atoms with E-state index in [-0.39, 0.29) is 5.91 Å². The van der Waals surface area contributed by atoms with E-state index >= 15 is 0 Å². The summed E-state index contributed by atoms with van der Waals surface area (Å²) in [5.41, 5.74) is 0.